The summed E-state index contributed by atoms with van der Waals surface area (Å²) in [5.41, 5.74) is 3.75. The lowest BCUT2D eigenvalue weighted by Crippen LogP contribution is -2.13. The number of hydrogen-bond acceptors (Lipinski definition) is 4. The standard InChI is InChI=1S/C18H19N5O/c1-2-4-13-8-15(7-12(13)3-1)23-18(16-9-19-11-20-16)21-17(22-23)14-5-6-24-10-14/h1-4,9,11,14-15H,5-8,10H2,(H,19,20)/t14-/m1/s1. The number of aromatic amines is 1. The first-order valence-electron chi connectivity index (χ1n) is 8.48. The molecule has 3 heterocycles. The maximum atomic E-state index is 5.52. The highest BCUT2D eigenvalue weighted by Crippen LogP contribution is 2.33. The van der Waals surface area contributed by atoms with Crippen molar-refractivity contribution in [3.63, 3.8) is 0 Å². The van der Waals surface area contributed by atoms with Crippen molar-refractivity contribution >= 4 is 0 Å². The van der Waals surface area contributed by atoms with Crippen molar-refractivity contribution in [1.29, 1.82) is 0 Å². The minimum absolute atomic E-state index is 0.302. The summed E-state index contributed by atoms with van der Waals surface area (Å²) in [7, 11) is 0. The zero-order valence-corrected chi connectivity index (χ0v) is 13.4. The Morgan fingerprint density at radius 2 is 2.00 bits per heavy atom. The van der Waals surface area contributed by atoms with E-state index in [1.54, 1.807) is 6.33 Å². The van der Waals surface area contributed by atoms with E-state index in [2.05, 4.69) is 38.9 Å². The van der Waals surface area contributed by atoms with E-state index < -0.39 is 0 Å². The van der Waals surface area contributed by atoms with Gasteiger partial charge in [0.25, 0.3) is 0 Å². The summed E-state index contributed by atoms with van der Waals surface area (Å²) in [6.07, 6.45) is 6.51. The molecular weight excluding hydrogens is 302 g/mol. The van der Waals surface area contributed by atoms with Crippen LogP contribution < -0.4 is 0 Å². The van der Waals surface area contributed by atoms with Gasteiger partial charge in [0.05, 0.1) is 25.2 Å². The van der Waals surface area contributed by atoms with Gasteiger partial charge in [-0.05, 0) is 30.4 Å². The van der Waals surface area contributed by atoms with Crippen molar-refractivity contribution in [1.82, 2.24) is 24.7 Å². The second-order valence-electron chi connectivity index (χ2n) is 6.59. The molecule has 1 aliphatic heterocycles. The smallest absolute Gasteiger partial charge is 0.176 e. The third kappa shape index (κ3) is 2.26. The van der Waals surface area contributed by atoms with Crippen LogP contribution in [-0.2, 0) is 17.6 Å². The molecule has 1 fully saturated rings. The van der Waals surface area contributed by atoms with Crippen LogP contribution in [0.2, 0.25) is 0 Å². The maximum Gasteiger partial charge on any atom is 0.176 e. The summed E-state index contributed by atoms with van der Waals surface area (Å²) in [6, 6.07) is 8.96. The first-order valence-corrected chi connectivity index (χ1v) is 8.48. The van der Waals surface area contributed by atoms with Gasteiger partial charge in [-0.15, -0.1) is 0 Å². The average molecular weight is 321 g/mol. The highest BCUT2D eigenvalue weighted by molar-refractivity contribution is 5.48. The fourth-order valence-electron chi connectivity index (χ4n) is 3.78. The normalized spacial score (nSPS) is 20.6. The van der Waals surface area contributed by atoms with Crippen LogP contribution in [0.1, 0.15) is 35.3 Å². The van der Waals surface area contributed by atoms with E-state index in [1.807, 2.05) is 6.20 Å². The minimum Gasteiger partial charge on any atom is -0.381 e. The highest BCUT2D eigenvalue weighted by Gasteiger charge is 2.30. The quantitative estimate of drug-likeness (QED) is 0.805. The Hall–Kier alpha value is -2.47. The van der Waals surface area contributed by atoms with Crippen molar-refractivity contribution in [3.8, 4) is 11.5 Å². The molecule has 0 amide bonds. The molecule has 1 atom stereocenters. The Labute approximate surface area is 139 Å². The minimum atomic E-state index is 0.302. The van der Waals surface area contributed by atoms with Crippen LogP contribution in [0, 0.1) is 0 Å². The van der Waals surface area contributed by atoms with E-state index in [4.69, 9.17) is 14.8 Å². The Balaban J connectivity index is 1.55. The number of nitrogens with zero attached hydrogens (tertiary/aromatic N) is 4. The fourth-order valence-corrected chi connectivity index (χ4v) is 3.78. The van der Waals surface area contributed by atoms with E-state index in [-0.39, 0.29) is 0 Å². The zero-order valence-electron chi connectivity index (χ0n) is 13.4. The Morgan fingerprint density at radius 1 is 1.17 bits per heavy atom. The molecule has 0 unspecified atom stereocenters. The van der Waals surface area contributed by atoms with Crippen LogP contribution in [-0.4, -0.2) is 37.9 Å². The van der Waals surface area contributed by atoms with Crippen LogP contribution in [0.5, 0.6) is 0 Å². The second kappa shape index (κ2) is 5.56. The van der Waals surface area contributed by atoms with Crippen molar-refractivity contribution < 1.29 is 4.74 Å². The zero-order chi connectivity index (χ0) is 15.9. The largest absolute Gasteiger partial charge is 0.381 e. The predicted molar refractivity (Wildman–Crippen MR) is 88.7 cm³/mol. The molecule has 1 saturated heterocycles. The third-order valence-electron chi connectivity index (χ3n) is 5.06. The molecule has 6 nitrogen and oxygen atoms in total. The van der Waals surface area contributed by atoms with Gasteiger partial charge < -0.3 is 9.72 Å². The summed E-state index contributed by atoms with van der Waals surface area (Å²) >= 11 is 0. The van der Waals surface area contributed by atoms with Crippen LogP contribution in [0.25, 0.3) is 11.5 Å². The number of H-pyrrole nitrogens is 1. The molecule has 1 N–H and O–H groups in total. The second-order valence-corrected chi connectivity index (χ2v) is 6.59. The molecule has 122 valence electrons. The molecule has 0 saturated carbocycles. The molecule has 0 radical (unpaired) electrons. The van der Waals surface area contributed by atoms with Crippen LogP contribution in [0.15, 0.2) is 36.8 Å². The number of benzene rings is 1. The van der Waals surface area contributed by atoms with Gasteiger partial charge in [0.1, 0.15) is 5.69 Å². The van der Waals surface area contributed by atoms with Crippen LogP contribution in [0.3, 0.4) is 0 Å². The Morgan fingerprint density at radius 3 is 2.67 bits per heavy atom. The number of rotatable bonds is 3. The summed E-state index contributed by atoms with van der Waals surface area (Å²) in [4.78, 5) is 12.2. The molecule has 0 spiro atoms. The van der Waals surface area contributed by atoms with E-state index in [0.29, 0.717) is 12.0 Å². The lowest BCUT2D eigenvalue weighted by Gasteiger charge is -2.12. The lowest BCUT2D eigenvalue weighted by atomic mass is 10.1. The number of hydrogen-bond donors (Lipinski definition) is 1. The molecule has 2 aliphatic rings. The van der Waals surface area contributed by atoms with Gasteiger partial charge in [-0.1, -0.05) is 24.3 Å². The number of aromatic nitrogens is 5. The predicted octanol–water partition coefficient (Wildman–Crippen LogP) is 2.51. The molecule has 2 aromatic heterocycles. The SMILES string of the molecule is c1ccc2c(c1)CC(n1nc([C@@H]3CCOC3)nc1-c1cnc[nH]1)C2. The number of nitrogens with one attached hydrogen (secondary N) is 1. The average Bonchev–Trinajstić information content (AvgIpc) is 3.40. The van der Waals surface area contributed by atoms with E-state index in [9.17, 15) is 0 Å². The summed E-state index contributed by atoms with van der Waals surface area (Å²) in [5.74, 6) is 2.08. The van der Waals surface area contributed by atoms with Gasteiger partial charge in [-0.3, -0.25) is 0 Å². The fraction of sp³-hybridized carbons (Fsp3) is 0.389. The first kappa shape index (κ1) is 13.9. The van der Waals surface area contributed by atoms with Crippen molar-refractivity contribution in [2.24, 2.45) is 0 Å². The van der Waals surface area contributed by atoms with Crippen molar-refractivity contribution in [3.05, 3.63) is 53.7 Å². The van der Waals surface area contributed by atoms with Gasteiger partial charge in [-0.25, -0.2) is 14.6 Å². The van der Waals surface area contributed by atoms with Crippen molar-refractivity contribution in [2.75, 3.05) is 13.2 Å². The van der Waals surface area contributed by atoms with Crippen LogP contribution >= 0.6 is 0 Å². The molecule has 5 rings (SSSR count). The van der Waals surface area contributed by atoms with E-state index >= 15 is 0 Å². The van der Waals surface area contributed by atoms with Gasteiger partial charge in [0.15, 0.2) is 11.6 Å². The monoisotopic (exact) mass is 321 g/mol. The Kier molecular flexibility index (Phi) is 3.23. The molecule has 1 aliphatic carbocycles. The molecule has 0 bridgehead atoms. The number of imidazole rings is 1. The maximum absolute atomic E-state index is 5.52. The molecule has 1 aromatic carbocycles. The van der Waals surface area contributed by atoms with Crippen LogP contribution in [0.4, 0.5) is 0 Å². The summed E-state index contributed by atoms with van der Waals surface area (Å²) in [5, 5.41) is 4.89. The topological polar surface area (TPSA) is 68.6 Å². The summed E-state index contributed by atoms with van der Waals surface area (Å²) in [6.45, 7) is 1.52. The Bertz CT molecular complexity index is 823. The third-order valence-corrected chi connectivity index (χ3v) is 5.06. The molecule has 24 heavy (non-hydrogen) atoms. The molecule has 3 aromatic rings. The summed E-state index contributed by atoms with van der Waals surface area (Å²) < 4.78 is 7.62. The first-order chi connectivity index (χ1) is 11.9. The van der Waals surface area contributed by atoms with Gasteiger partial charge in [-0.2, -0.15) is 5.10 Å². The molecular formula is C18H19N5O. The van der Waals surface area contributed by atoms with Gasteiger partial charge in [0, 0.05) is 12.5 Å². The van der Waals surface area contributed by atoms with Gasteiger partial charge in [0.2, 0.25) is 0 Å². The van der Waals surface area contributed by atoms with Crippen molar-refractivity contribution in [2.45, 2.75) is 31.2 Å². The molecule has 6 heteroatoms. The number of ether oxygens (including phenoxy) is 1. The number of fused-ring (bicyclic) bond motifs is 1. The highest BCUT2D eigenvalue weighted by atomic mass is 16.5. The van der Waals surface area contributed by atoms with E-state index in [0.717, 1.165) is 49.8 Å². The lowest BCUT2D eigenvalue weighted by molar-refractivity contribution is 0.193. The van der Waals surface area contributed by atoms with E-state index in [1.165, 1.54) is 11.1 Å². The van der Waals surface area contributed by atoms with Gasteiger partial charge >= 0.3 is 0 Å².